The molecule has 1 aromatic carbocycles. The normalized spacial score (nSPS) is 27.9. The topological polar surface area (TPSA) is 24.5 Å². The first-order chi connectivity index (χ1) is 9.62. The summed E-state index contributed by atoms with van der Waals surface area (Å²) >= 11 is 0. The number of benzene rings is 1. The lowest BCUT2D eigenvalue weighted by molar-refractivity contribution is 0.121. The highest BCUT2D eigenvalue weighted by molar-refractivity contribution is 5.55. The smallest absolute Gasteiger partial charge is 0.0718 e. The van der Waals surface area contributed by atoms with Crippen molar-refractivity contribution in [3.63, 3.8) is 0 Å². The molecule has 1 aromatic rings. The van der Waals surface area contributed by atoms with Crippen LogP contribution in [0.3, 0.4) is 0 Å². The zero-order chi connectivity index (χ0) is 14.2. The molecule has 3 heteroatoms. The Bertz CT molecular complexity index is 472. The zero-order valence-corrected chi connectivity index (χ0v) is 12.9. The van der Waals surface area contributed by atoms with Gasteiger partial charge in [0, 0.05) is 38.0 Å². The summed E-state index contributed by atoms with van der Waals surface area (Å²) in [6, 6.07) is 8.77. The monoisotopic (exact) mass is 274 g/mol. The Morgan fingerprint density at radius 1 is 1.40 bits per heavy atom. The van der Waals surface area contributed by atoms with Crippen LogP contribution in [0.2, 0.25) is 0 Å². The van der Waals surface area contributed by atoms with Crippen LogP contribution in [0, 0.1) is 5.92 Å². The van der Waals surface area contributed by atoms with E-state index in [0.29, 0.717) is 0 Å². The summed E-state index contributed by atoms with van der Waals surface area (Å²) in [5, 5.41) is 3.81. The van der Waals surface area contributed by atoms with Crippen LogP contribution in [0.4, 0.5) is 5.69 Å². The van der Waals surface area contributed by atoms with E-state index in [1.807, 2.05) is 0 Å². The molecule has 1 aliphatic heterocycles. The molecule has 3 rings (SSSR count). The van der Waals surface area contributed by atoms with Crippen molar-refractivity contribution in [2.75, 3.05) is 25.1 Å². The molecule has 0 bridgehead atoms. The minimum Gasteiger partial charge on any atom is -0.380 e. The quantitative estimate of drug-likeness (QED) is 0.913. The van der Waals surface area contributed by atoms with Gasteiger partial charge in [0.15, 0.2) is 0 Å². The number of hydrogen-bond acceptors (Lipinski definition) is 3. The number of nitrogens with zero attached hydrogens (tertiary/aromatic N) is 1. The van der Waals surface area contributed by atoms with Crippen LogP contribution in [0.1, 0.15) is 32.3 Å². The van der Waals surface area contributed by atoms with Crippen LogP contribution in [0.15, 0.2) is 24.3 Å². The number of methoxy groups -OCH3 is 1. The van der Waals surface area contributed by atoms with Gasteiger partial charge in [0.25, 0.3) is 0 Å². The van der Waals surface area contributed by atoms with Gasteiger partial charge in [-0.2, -0.15) is 0 Å². The van der Waals surface area contributed by atoms with Crippen molar-refractivity contribution < 1.29 is 4.74 Å². The summed E-state index contributed by atoms with van der Waals surface area (Å²) in [5.41, 5.74) is 3.00. The van der Waals surface area contributed by atoms with Gasteiger partial charge in [0.05, 0.1) is 6.10 Å². The van der Waals surface area contributed by atoms with Crippen LogP contribution in [0.25, 0.3) is 0 Å². The molecule has 3 nitrogen and oxygen atoms in total. The predicted octanol–water partition coefficient (Wildman–Crippen LogP) is 2.80. The van der Waals surface area contributed by atoms with Crippen LogP contribution in [-0.4, -0.2) is 31.8 Å². The minimum atomic E-state index is 0.229. The van der Waals surface area contributed by atoms with Crippen molar-refractivity contribution in [1.82, 2.24) is 5.32 Å². The number of nitrogens with one attached hydrogen (secondary N) is 1. The van der Waals surface area contributed by atoms with Crippen LogP contribution < -0.4 is 10.2 Å². The number of para-hydroxylation sites is 1. The Hall–Kier alpha value is -1.06. The first-order valence-electron chi connectivity index (χ1n) is 7.73. The second-order valence-electron chi connectivity index (χ2n) is 6.60. The summed E-state index contributed by atoms with van der Waals surface area (Å²) < 4.78 is 5.49. The molecule has 110 valence electrons. The fourth-order valence-corrected chi connectivity index (χ4v) is 3.35. The molecule has 1 N–H and O–H groups in total. The molecule has 1 heterocycles. The maximum absolute atomic E-state index is 5.49. The molecule has 1 aliphatic carbocycles. The highest BCUT2D eigenvalue weighted by Gasteiger charge is 2.43. The average Bonchev–Trinajstić information content (AvgIpc) is 3.29. The Morgan fingerprint density at radius 2 is 2.15 bits per heavy atom. The van der Waals surface area contributed by atoms with E-state index in [1.54, 1.807) is 7.11 Å². The second kappa shape index (κ2) is 5.38. The van der Waals surface area contributed by atoms with E-state index >= 15 is 0 Å². The molecule has 0 radical (unpaired) electrons. The largest absolute Gasteiger partial charge is 0.380 e. The fraction of sp³-hybridized carbons (Fsp3) is 0.647. The van der Waals surface area contributed by atoms with Gasteiger partial charge in [-0.1, -0.05) is 18.2 Å². The number of anilines is 1. The van der Waals surface area contributed by atoms with Crippen molar-refractivity contribution in [1.29, 1.82) is 0 Å². The first-order valence-corrected chi connectivity index (χ1v) is 7.73. The summed E-state index contributed by atoms with van der Waals surface area (Å²) in [6.07, 6.45) is 2.99. The van der Waals surface area contributed by atoms with Gasteiger partial charge in [-0.25, -0.2) is 0 Å². The lowest BCUT2D eigenvalue weighted by atomic mass is 9.95. The molecule has 0 spiro atoms. The van der Waals surface area contributed by atoms with E-state index in [9.17, 15) is 0 Å². The van der Waals surface area contributed by atoms with Crippen molar-refractivity contribution in [2.24, 2.45) is 5.92 Å². The van der Waals surface area contributed by atoms with E-state index < -0.39 is 0 Å². The highest BCUT2D eigenvalue weighted by atomic mass is 16.5. The lowest BCUT2D eigenvalue weighted by Crippen LogP contribution is -2.52. The summed E-state index contributed by atoms with van der Waals surface area (Å²) in [6.45, 7) is 7.54. The van der Waals surface area contributed by atoms with E-state index in [1.165, 1.54) is 24.1 Å². The molecule has 2 aliphatic rings. The standard InChI is InChI=1S/C17H26N2O/c1-13(20-3)11-19-12-17(2,15-8-9-15)18-10-14-6-4-5-7-16(14)19/h4-7,13,15,18H,8-12H2,1-3H3. The third-order valence-corrected chi connectivity index (χ3v) is 4.89. The number of fused-ring (bicyclic) bond motifs is 1. The van der Waals surface area contributed by atoms with E-state index in [0.717, 1.165) is 25.6 Å². The molecular formula is C17H26N2O. The molecule has 0 amide bonds. The molecule has 1 saturated carbocycles. The Labute approximate surface area is 122 Å². The molecule has 0 aromatic heterocycles. The average molecular weight is 274 g/mol. The summed E-state index contributed by atoms with van der Waals surface area (Å²) in [5.74, 6) is 0.831. The van der Waals surface area contributed by atoms with Gasteiger partial charge in [-0.15, -0.1) is 0 Å². The van der Waals surface area contributed by atoms with Crippen molar-refractivity contribution in [3.05, 3.63) is 29.8 Å². The molecule has 2 atom stereocenters. The van der Waals surface area contributed by atoms with Crippen LogP contribution in [-0.2, 0) is 11.3 Å². The third kappa shape index (κ3) is 2.70. The molecule has 20 heavy (non-hydrogen) atoms. The highest BCUT2D eigenvalue weighted by Crippen LogP contribution is 2.42. The third-order valence-electron chi connectivity index (χ3n) is 4.89. The second-order valence-corrected chi connectivity index (χ2v) is 6.60. The number of hydrogen-bond donors (Lipinski definition) is 1. The van der Waals surface area contributed by atoms with Crippen molar-refractivity contribution >= 4 is 5.69 Å². The SMILES string of the molecule is COC(C)CN1CC(C)(C2CC2)NCc2ccccc21. The van der Waals surface area contributed by atoms with Gasteiger partial charge >= 0.3 is 0 Å². The zero-order valence-electron chi connectivity index (χ0n) is 12.9. The van der Waals surface area contributed by atoms with Gasteiger partial charge in [-0.05, 0) is 44.2 Å². The van der Waals surface area contributed by atoms with Crippen LogP contribution >= 0.6 is 0 Å². The fourth-order valence-electron chi connectivity index (χ4n) is 3.35. The van der Waals surface area contributed by atoms with E-state index in [2.05, 4.69) is 48.3 Å². The lowest BCUT2D eigenvalue weighted by Gasteiger charge is -2.36. The predicted molar refractivity (Wildman–Crippen MR) is 83.1 cm³/mol. The molecule has 2 unspecified atom stereocenters. The summed E-state index contributed by atoms with van der Waals surface area (Å²) in [4.78, 5) is 2.52. The van der Waals surface area contributed by atoms with E-state index in [4.69, 9.17) is 4.74 Å². The Morgan fingerprint density at radius 3 is 2.85 bits per heavy atom. The maximum atomic E-state index is 5.49. The van der Waals surface area contributed by atoms with Gasteiger partial charge < -0.3 is 15.0 Å². The molecular weight excluding hydrogens is 248 g/mol. The Kier molecular flexibility index (Phi) is 3.74. The molecule has 1 fully saturated rings. The van der Waals surface area contributed by atoms with Gasteiger partial charge in [-0.3, -0.25) is 0 Å². The first kappa shape index (κ1) is 13.9. The Balaban J connectivity index is 1.89. The summed E-state index contributed by atoms with van der Waals surface area (Å²) in [7, 11) is 1.80. The van der Waals surface area contributed by atoms with Crippen LogP contribution in [0.5, 0.6) is 0 Å². The van der Waals surface area contributed by atoms with Crippen molar-refractivity contribution in [3.8, 4) is 0 Å². The van der Waals surface area contributed by atoms with E-state index in [-0.39, 0.29) is 11.6 Å². The van der Waals surface area contributed by atoms with Crippen molar-refractivity contribution in [2.45, 2.75) is 44.9 Å². The molecule has 0 saturated heterocycles. The maximum Gasteiger partial charge on any atom is 0.0718 e. The number of rotatable bonds is 4. The number of ether oxygens (including phenoxy) is 1. The van der Waals surface area contributed by atoms with Gasteiger partial charge in [0.1, 0.15) is 0 Å². The van der Waals surface area contributed by atoms with Gasteiger partial charge in [0.2, 0.25) is 0 Å². The minimum absolute atomic E-state index is 0.229.